The zero-order valence-corrected chi connectivity index (χ0v) is 19.1. The summed E-state index contributed by atoms with van der Waals surface area (Å²) in [7, 11) is 0. The Balaban J connectivity index is 1.28. The zero-order valence-electron chi connectivity index (χ0n) is 19.1. The van der Waals surface area contributed by atoms with Crippen LogP contribution in [0.4, 0.5) is 0 Å². The third-order valence-electron chi connectivity index (χ3n) is 6.97. The summed E-state index contributed by atoms with van der Waals surface area (Å²) in [6.45, 7) is 6.36. The molecule has 2 fully saturated rings. The topological polar surface area (TPSA) is 52.7 Å². The number of amides is 2. The van der Waals surface area contributed by atoms with E-state index in [1.54, 1.807) is 0 Å². The Morgan fingerprint density at radius 2 is 1.72 bits per heavy atom. The normalized spacial score (nSPS) is 21.5. The number of hydrogen-bond acceptors (Lipinski definition) is 3. The Morgan fingerprint density at radius 1 is 0.969 bits per heavy atom. The minimum atomic E-state index is -0.0993. The molecular weight excluding hydrogens is 398 g/mol. The molecule has 0 bridgehead atoms. The van der Waals surface area contributed by atoms with Crippen LogP contribution in [0, 0.1) is 12.8 Å². The highest BCUT2D eigenvalue weighted by Gasteiger charge is 2.36. The lowest BCUT2D eigenvalue weighted by Gasteiger charge is -2.39. The van der Waals surface area contributed by atoms with Crippen LogP contribution in [0.15, 0.2) is 54.6 Å². The summed E-state index contributed by atoms with van der Waals surface area (Å²) >= 11 is 0. The molecule has 4 rings (SSSR count). The number of rotatable bonds is 7. The lowest BCUT2D eigenvalue weighted by Crippen LogP contribution is -2.47. The Labute approximate surface area is 191 Å². The number of carbonyl (C=O) groups excluding carboxylic acids is 2. The molecule has 2 aromatic rings. The number of likely N-dealkylation sites (tertiary alicyclic amines) is 2. The van der Waals surface area contributed by atoms with E-state index in [9.17, 15) is 9.59 Å². The first-order valence-corrected chi connectivity index (χ1v) is 12.0. The van der Waals surface area contributed by atoms with Gasteiger partial charge < -0.3 is 10.2 Å². The Bertz CT molecular complexity index is 914. The first kappa shape index (κ1) is 22.5. The van der Waals surface area contributed by atoms with E-state index in [0.717, 1.165) is 44.6 Å². The third-order valence-corrected chi connectivity index (χ3v) is 6.97. The molecule has 5 nitrogen and oxygen atoms in total. The molecule has 2 saturated heterocycles. The number of nitrogens with zero attached hydrogens (tertiary/aromatic N) is 2. The second-order valence-electron chi connectivity index (χ2n) is 9.24. The molecule has 2 aliphatic rings. The summed E-state index contributed by atoms with van der Waals surface area (Å²) in [6, 6.07) is 18.6. The fourth-order valence-corrected chi connectivity index (χ4v) is 5.33. The van der Waals surface area contributed by atoms with Gasteiger partial charge in [-0.3, -0.25) is 14.5 Å². The van der Waals surface area contributed by atoms with Gasteiger partial charge in [0.1, 0.15) is 0 Å². The van der Waals surface area contributed by atoms with Crippen LogP contribution in [0.2, 0.25) is 0 Å². The van der Waals surface area contributed by atoms with Gasteiger partial charge in [0.25, 0.3) is 5.91 Å². The molecule has 2 atom stereocenters. The lowest BCUT2D eigenvalue weighted by atomic mass is 9.88. The van der Waals surface area contributed by atoms with Gasteiger partial charge in [0, 0.05) is 44.2 Å². The van der Waals surface area contributed by atoms with Gasteiger partial charge in [-0.25, -0.2) is 0 Å². The largest absolute Gasteiger partial charge is 0.352 e. The van der Waals surface area contributed by atoms with Crippen LogP contribution in [0.5, 0.6) is 0 Å². The van der Waals surface area contributed by atoms with E-state index in [1.165, 1.54) is 18.4 Å². The number of hydrogen-bond donors (Lipinski definition) is 1. The maximum atomic E-state index is 13.0. The van der Waals surface area contributed by atoms with Crippen molar-refractivity contribution in [2.24, 2.45) is 5.92 Å². The van der Waals surface area contributed by atoms with Crippen LogP contribution in [-0.4, -0.2) is 53.8 Å². The van der Waals surface area contributed by atoms with Crippen LogP contribution in [0.1, 0.15) is 53.6 Å². The van der Waals surface area contributed by atoms with E-state index >= 15 is 0 Å². The summed E-state index contributed by atoms with van der Waals surface area (Å²) in [6.07, 6.45) is 4.95. The minimum absolute atomic E-state index is 0.0993. The molecule has 170 valence electrons. The van der Waals surface area contributed by atoms with Gasteiger partial charge in [0.2, 0.25) is 5.91 Å². The monoisotopic (exact) mass is 433 g/mol. The maximum Gasteiger partial charge on any atom is 0.251 e. The molecule has 0 spiro atoms. The second kappa shape index (κ2) is 10.8. The SMILES string of the molecule is Cc1ccccc1C(=O)NCCC(=O)N1CCC[C@@H]1[C@@H]1CCCN(Cc2ccccc2)C1. The highest BCUT2D eigenvalue weighted by molar-refractivity contribution is 5.95. The van der Waals surface area contributed by atoms with Crippen molar-refractivity contribution in [3.8, 4) is 0 Å². The van der Waals surface area contributed by atoms with Gasteiger partial charge in [0.05, 0.1) is 0 Å². The van der Waals surface area contributed by atoms with Gasteiger partial charge in [-0.05, 0) is 62.3 Å². The molecule has 0 aliphatic carbocycles. The summed E-state index contributed by atoms with van der Waals surface area (Å²) in [4.78, 5) is 30.1. The zero-order chi connectivity index (χ0) is 22.3. The van der Waals surface area contributed by atoms with Crippen LogP contribution < -0.4 is 5.32 Å². The summed E-state index contributed by atoms with van der Waals surface area (Å²) in [5, 5.41) is 2.93. The summed E-state index contributed by atoms with van der Waals surface area (Å²) < 4.78 is 0. The molecule has 2 heterocycles. The fourth-order valence-electron chi connectivity index (χ4n) is 5.33. The Morgan fingerprint density at radius 3 is 2.53 bits per heavy atom. The second-order valence-corrected chi connectivity index (χ2v) is 9.24. The van der Waals surface area contributed by atoms with E-state index in [0.29, 0.717) is 30.5 Å². The van der Waals surface area contributed by atoms with Crippen molar-refractivity contribution < 1.29 is 9.59 Å². The lowest BCUT2D eigenvalue weighted by molar-refractivity contribution is -0.133. The molecule has 0 aromatic heterocycles. The van der Waals surface area contributed by atoms with Crippen LogP contribution in [0.3, 0.4) is 0 Å². The molecule has 0 saturated carbocycles. The van der Waals surface area contributed by atoms with Crippen molar-refractivity contribution in [2.45, 2.75) is 51.6 Å². The predicted molar refractivity (Wildman–Crippen MR) is 127 cm³/mol. The van der Waals surface area contributed by atoms with Gasteiger partial charge >= 0.3 is 0 Å². The third kappa shape index (κ3) is 5.57. The van der Waals surface area contributed by atoms with Crippen molar-refractivity contribution >= 4 is 11.8 Å². The smallest absolute Gasteiger partial charge is 0.251 e. The molecule has 2 aliphatic heterocycles. The number of carbonyl (C=O) groups is 2. The molecule has 2 aromatic carbocycles. The molecular formula is C27H35N3O2. The van der Waals surface area contributed by atoms with E-state index in [-0.39, 0.29) is 11.8 Å². The highest BCUT2D eigenvalue weighted by Crippen LogP contribution is 2.31. The maximum absolute atomic E-state index is 13.0. The van der Waals surface area contributed by atoms with E-state index in [1.807, 2.05) is 31.2 Å². The number of piperidine rings is 1. The van der Waals surface area contributed by atoms with Gasteiger partial charge in [-0.1, -0.05) is 48.5 Å². The van der Waals surface area contributed by atoms with Gasteiger partial charge in [-0.15, -0.1) is 0 Å². The number of benzene rings is 2. The quantitative estimate of drug-likeness (QED) is 0.718. The summed E-state index contributed by atoms with van der Waals surface area (Å²) in [5.41, 5.74) is 2.99. The molecule has 1 N–H and O–H groups in total. The van der Waals surface area contributed by atoms with Crippen LogP contribution in [0.25, 0.3) is 0 Å². The van der Waals surface area contributed by atoms with Crippen LogP contribution >= 0.6 is 0 Å². The van der Waals surface area contributed by atoms with Gasteiger partial charge in [-0.2, -0.15) is 0 Å². The van der Waals surface area contributed by atoms with Crippen molar-refractivity contribution in [3.63, 3.8) is 0 Å². The molecule has 32 heavy (non-hydrogen) atoms. The van der Waals surface area contributed by atoms with Crippen LogP contribution in [-0.2, 0) is 11.3 Å². The first-order chi connectivity index (χ1) is 15.6. The van der Waals surface area contributed by atoms with Crippen molar-refractivity contribution in [2.75, 3.05) is 26.2 Å². The van der Waals surface area contributed by atoms with E-state index < -0.39 is 0 Å². The average molecular weight is 434 g/mol. The molecule has 0 radical (unpaired) electrons. The predicted octanol–water partition coefficient (Wildman–Crippen LogP) is 4.02. The van der Waals surface area contributed by atoms with Crippen molar-refractivity contribution in [1.82, 2.24) is 15.1 Å². The number of nitrogens with one attached hydrogen (secondary N) is 1. The Hall–Kier alpha value is -2.66. The minimum Gasteiger partial charge on any atom is -0.352 e. The molecule has 0 unspecified atom stereocenters. The Kier molecular flexibility index (Phi) is 7.59. The first-order valence-electron chi connectivity index (χ1n) is 12.0. The van der Waals surface area contributed by atoms with E-state index in [4.69, 9.17) is 0 Å². The fraction of sp³-hybridized carbons (Fsp3) is 0.481. The average Bonchev–Trinajstić information content (AvgIpc) is 3.30. The highest BCUT2D eigenvalue weighted by atomic mass is 16.2. The van der Waals surface area contributed by atoms with E-state index in [2.05, 4.69) is 45.4 Å². The molecule has 5 heteroatoms. The standard InChI is InChI=1S/C27H35N3O2/c1-21-9-5-6-13-24(21)27(32)28-16-15-26(31)30-18-8-14-25(30)23-12-7-17-29(20-23)19-22-10-3-2-4-11-22/h2-6,9-11,13,23,25H,7-8,12,14-20H2,1H3,(H,28,32)/t23-,25-/m1/s1. The number of aryl methyl sites for hydroxylation is 1. The van der Waals surface area contributed by atoms with Crippen molar-refractivity contribution in [3.05, 3.63) is 71.3 Å². The molecule has 2 amide bonds. The summed E-state index contributed by atoms with van der Waals surface area (Å²) in [5.74, 6) is 0.621. The van der Waals surface area contributed by atoms with Gasteiger partial charge in [0.15, 0.2) is 0 Å². The van der Waals surface area contributed by atoms with Crippen molar-refractivity contribution in [1.29, 1.82) is 0 Å².